The molecule has 0 aliphatic rings. The maximum absolute atomic E-state index is 11.9. The van der Waals surface area contributed by atoms with Crippen LogP contribution in [0.1, 0.15) is 31.3 Å². The number of aromatic nitrogens is 1. The molecule has 0 bridgehead atoms. The summed E-state index contributed by atoms with van der Waals surface area (Å²) in [6.07, 6.45) is 1.53. The standard InChI is InChI=1S/C13H18BrN3O2/c1-8(2)7-16-12(18)9(3)17-13(19)11-10(14)5-4-6-15-11/h4-6,8-9H,7H2,1-3H3,(H,16,18)(H,17,19). The molecule has 5 nitrogen and oxygen atoms in total. The van der Waals surface area contributed by atoms with E-state index in [0.717, 1.165) is 0 Å². The predicted octanol–water partition coefficient (Wildman–Crippen LogP) is 1.73. The van der Waals surface area contributed by atoms with E-state index < -0.39 is 6.04 Å². The van der Waals surface area contributed by atoms with Gasteiger partial charge in [-0.3, -0.25) is 9.59 Å². The van der Waals surface area contributed by atoms with Crippen molar-refractivity contribution < 1.29 is 9.59 Å². The van der Waals surface area contributed by atoms with Crippen molar-refractivity contribution in [2.75, 3.05) is 6.54 Å². The number of hydrogen-bond acceptors (Lipinski definition) is 3. The minimum absolute atomic E-state index is 0.200. The number of amides is 2. The second-order valence-electron chi connectivity index (χ2n) is 4.67. The second-order valence-corrected chi connectivity index (χ2v) is 5.52. The molecule has 1 atom stereocenters. The van der Waals surface area contributed by atoms with Gasteiger partial charge in [0.25, 0.3) is 5.91 Å². The van der Waals surface area contributed by atoms with Crippen molar-refractivity contribution >= 4 is 27.7 Å². The molecule has 0 saturated carbocycles. The van der Waals surface area contributed by atoms with Gasteiger partial charge >= 0.3 is 0 Å². The molecule has 1 rings (SSSR count). The Morgan fingerprint density at radius 1 is 1.37 bits per heavy atom. The van der Waals surface area contributed by atoms with Crippen molar-refractivity contribution in [1.82, 2.24) is 15.6 Å². The van der Waals surface area contributed by atoms with Crippen molar-refractivity contribution in [2.24, 2.45) is 5.92 Å². The van der Waals surface area contributed by atoms with Crippen molar-refractivity contribution in [3.05, 3.63) is 28.5 Å². The van der Waals surface area contributed by atoms with E-state index in [1.54, 1.807) is 19.1 Å². The van der Waals surface area contributed by atoms with E-state index in [2.05, 4.69) is 31.5 Å². The topological polar surface area (TPSA) is 71.1 Å². The molecule has 0 aliphatic heterocycles. The second kappa shape index (κ2) is 7.23. The van der Waals surface area contributed by atoms with Gasteiger partial charge in [-0.25, -0.2) is 4.98 Å². The monoisotopic (exact) mass is 327 g/mol. The maximum Gasteiger partial charge on any atom is 0.271 e. The van der Waals surface area contributed by atoms with Crippen LogP contribution in [0.3, 0.4) is 0 Å². The number of carbonyl (C=O) groups is 2. The lowest BCUT2D eigenvalue weighted by Gasteiger charge is -2.15. The van der Waals surface area contributed by atoms with E-state index >= 15 is 0 Å². The number of nitrogens with zero attached hydrogens (tertiary/aromatic N) is 1. The number of pyridine rings is 1. The maximum atomic E-state index is 11.9. The highest BCUT2D eigenvalue weighted by Crippen LogP contribution is 2.12. The Morgan fingerprint density at radius 2 is 2.05 bits per heavy atom. The van der Waals surface area contributed by atoms with Gasteiger partial charge in [0.15, 0.2) is 0 Å². The molecule has 1 unspecified atom stereocenters. The summed E-state index contributed by atoms with van der Waals surface area (Å²) in [5.41, 5.74) is 0.269. The van der Waals surface area contributed by atoms with E-state index in [1.807, 2.05) is 13.8 Å². The lowest BCUT2D eigenvalue weighted by molar-refractivity contribution is -0.122. The van der Waals surface area contributed by atoms with E-state index in [1.165, 1.54) is 6.20 Å². The average Bonchev–Trinajstić information content (AvgIpc) is 2.36. The Hall–Kier alpha value is -1.43. The Kier molecular flexibility index (Phi) is 5.95. The molecule has 0 fully saturated rings. The Labute approximate surface area is 121 Å². The van der Waals surface area contributed by atoms with Crippen molar-refractivity contribution in [2.45, 2.75) is 26.8 Å². The van der Waals surface area contributed by atoms with Crippen LogP contribution in [0, 0.1) is 5.92 Å². The fraction of sp³-hybridized carbons (Fsp3) is 0.462. The molecular formula is C13H18BrN3O2. The van der Waals surface area contributed by atoms with Crippen LogP contribution in [0.5, 0.6) is 0 Å². The number of nitrogens with one attached hydrogen (secondary N) is 2. The zero-order valence-corrected chi connectivity index (χ0v) is 12.8. The highest BCUT2D eigenvalue weighted by atomic mass is 79.9. The quantitative estimate of drug-likeness (QED) is 0.865. The van der Waals surface area contributed by atoms with Crippen LogP contribution < -0.4 is 10.6 Å². The first kappa shape index (κ1) is 15.6. The molecular weight excluding hydrogens is 310 g/mol. The molecule has 1 heterocycles. The Bertz CT molecular complexity index is 463. The number of rotatable bonds is 5. The van der Waals surface area contributed by atoms with Gasteiger partial charge in [0.05, 0.1) is 0 Å². The summed E-state index contributed by atoms with van der Waals surface area (Å²) >= 11 is 3.25. The minimum Gasteiger partial charge on any atom is -0.354 e. The van der Waals surface area contributed by atoms with Gasteiger partial charge in [-0.15, -0.1) is 0 Å². The fourth-order valence-electron chi connectivity index (χ4n) is 1.34. The number of carbonyl (C=O) groups excluding carboxylic acids is 2. The number of hydrogen-bond donors (Lipinski definition) is 2. The normalized spacial score (nSPS) is 12.1. The van der Waals surface area contributed by atoms with Gasteiger partial charge in [-0.1, -0.05) is 13.8 Å². The molecule has 0 radical (unpaired) electrons. The van der Waals surface area contributed by atoms with E-state index in [9.17, 15) is 9.59 Å². The zero-order valence-electron chi connectivity index (χ0n) is 11.2. The van der Waals surface area contributed by atoms with Crippen LogP contribution in [-0.2, 0) is 4.79 Å². The Balaban J connectivity index is 2.57. The summed E-state index contributed by atoms with van der Waals surface area (Å²) in [5.74, 6) is -0.203. The minimum atomic E-state index is -0.597. The molecule has 2 amide bonds. The smallest absolute Gasteiger partial charge is 0.271 e. The van der Waals surface area contributed by atoms with Crippen molar-refractivity contribution in [1.29, 1.82) is 0 Å². The van der Waals surface area contributed by atoms with E-state index in [0.29, 0.717) is 16.9 Å². The van der Waals surface area contributed by atoms with Gasteiger partial charge in [-0.05, 0) is 40.9 Å². The van der Waals surface area contributed by atoms with Crippen molar-refractivity contribution in [3.63, 3.8) is 0 Å². The first-order chi connectivity index (χ1) is 8.91. The molecule has 6 heteroatoms. The number of halogens is 1. The summed E-state index contributed by atoms with van der Waals surface area (Å²) in [6.45, 7) is 6.25. The molecule has 1 aromatic heterocycles. The molecule has 104 valence electrons. The highest BCUT2D eigenvalue weighted by molar-refractivity contribution is 9.10. The zero-order chi connectivity index (χ0) is 14.4. The average molecular weight is 328 g/mol. The van der Waals surface area contributed by atoms with Crippen LogP contribution in [0.25, 0.3) is 0 Å². The summed E-state index contributed by atoms with van der Waals surface area (Å²) in [4.78, 5) is 27.7. The third kappa shape index (κ3) is 4.98. The molecule has 0 aromatic carbocycles. The molecule has 19 heavy (non-hydrogen) atoms. The predicted molar refractivity (Wildman–Crippen MR) is 76.7 cm³/mol. The van der Waals surface area contributed by atoms with Crippen LogP contribution in [0.15, 0.2) is 22.8 Å². The van der Waals surface area contributed by atoms with Crippen LogP contribution in [0.4, 0.5) is 0 Å². The third-order valence-corrected chi connectivity index (χ3v) is 3.04. The van der Waals surface area contributed by atoms with Gasteiger partial charge in [0, 0.05) is 17.2 Å². The summed E-state index contributed by atoms with van der Waals surface area (Å²) < 4.78 is 0.599. The molecule has 2 N–H and O–H groups in total. The van der Waals surface area contributed by atoms with Gasteiger partial charge in [-0.2, -0.15) is 0 Å². The fourth-order valence-corrected chi connectivity index (χ4v) is 1.78. The van der Waals surface area contributed by atoms with E-state index in [4.69, 9.17) is 0 Å². The Morgan fingerprint density at radius 3 is 2.63 bits per heavy atom. The van der Waals surface area contributed by atoms with Gasteiger partial charge < -0.3 is 10.6 Å². The first-order valence-corrected chi connectivity index (χ1v) is 6.90. The van der Waals surface area contributed by atoms with Crippen LogP contribution in [-0.4, -0.2) is 29.4 Å². The van der Waals surface area contributed by atoms with Gasteiger partial charge in [0.1, 0.15) is 11.7 Å². The van der Waals surface area contributed by atoms with Gasteiger partial charge in [0.2, 0.25) is 5.91 Å². The third-order valence-electron chi connectivity index (χ3n) is 2.40. The molecule has 0 spiro atoms. The van der Waals surface area contributed by atoms with Crippen molar-refractivity contribution in [3.8, 4) is 0 Å². The van der Waals surface area contributed by atoms with E-state index in [-0.39, 0.29) is 17.5 Å². The summed E-state index contributed by atoms with van der Waals surface area (Å²) in [7, 11) is 0. The molecule has 1 aromatic rings. The van der Waals surface area contributed by atoms with Crippen LogP contribution >= 0.6 is 15.9 Å². The largest absolute Gasteiger partial charge is 0.354 e. The van der Waals surface area contributed by atoms with Crippen LogP contribution in [0.2, 0.25) is 0 Å². The first-order valence-electron chi connectivity index (χ1n) is 6.11. The highest BCUT2D eigenvalue weighted by Gasteiger charge is 2.18. The summed E-state index contributed by atoms with van der Waals surface area (Å²) in [5, 5.41) is 5.38. The summed E-state index contributed by atoms with van der Waals surface area (Å²) in [6, 6.07) is 2.85. The lowest BCUT2D eigenvalue weighted by atomic mass is 10.2. The molecule has 0 saturated heterocycles. The molecule has 0 aliphatic carbocycles. The SMILES string of the molecule is CC(C)CNC(=O)C(C)NC(=O)c1ncccc1Br. The lowest BCUT2D eigenvalue weighted by Crippen LogP contribution is -2.45.